The van der Waals surface area contributed by atoms with Gasteiger partial charge in [0, 0.05) is 39.4 Å². The second-order valence-electron chi connectivity index (χ2n) is 6.92. The Hall–Kier alpha value is -1.56. The molecule has 1 saturated heterocycles. The largest absolute Gasteiger partial charge is 0.338 e. The van der Waals surface area contributed by atoms with Crippen molar-refractivity contribution in [2.24, 2.45) is 13.0 Å². The van der Waals surface area contributed by atoms with Crippen molar-refractivity contribution in [3.8, 4) is 0 Å². The number of carbonyl (C=O) groups excluding carboxylic acids is 1. The standard InChI is InChI=1S/C17H31N5O/c1-14-12-20(2)10-8-16(14)22(4)17(23)18-9-6-5-7-15-11-19-21(3)13-15/h11,13-14,16H,5-10,12H2,1-4H3,(H,18,23)/t14-,16+/m0/s1. The third-order valence-electron chi connectivity index (χ3n) is 4.81. The van der Waals surface area contributed by atoms with Crippen molar-refractivity contribution in [1.82, 2.24) is 24.9 Å². The molecule has 0 saturated carbocycles. The van der Waals surface area contributed by atoms with Crippen molar-refractivity contribution in [3.63, 3.8) is 0 Å². The molecule has 1 N–H and O–H groups in total. The maximum absolute atomic E-state index is 12.3. The van der Waals surface area contributed by atoms with Crippen molar-refractivity contribution < 1.29 is 4.79 Å². The Balaban J connectivity index is 1.64. The number of nitrogens with zero attached hydrogens (tertiary/aromatic N) is 4. The van der Waals surface area contributed by atoms with E-state index >= 15 is 0 Å². The lowest BCUT2D eigenvalue weighted by Crippen LogP contribution is -2.52. The van der Waals surface area contributed by atoms with Gasteiger partial charge in [-0.15, -0.1) is 0 Å². The van der Waals surface area contributed by atoms with Crippen molar-refractivity contribution in [2.75, 3.05) is 33.7 Å². The number of aryl methyl sites for hydroxylation is 2. The molecule has 0 unspecified atom stereocenters. The first-order valence-electron chi connectivity index (χ1n) is 8.64. The Morgan fingerprint density at radius 1 is 1.43 bits per heavy atom. The van der Waals surface area contributed by atoms with Gasteiger partial charge in [0.1, 0.15) is 0 Å². The fourth-order valence-corrected chi connectivity index (χ4v) is 3.44. The van der Waals surface area contributed by atoms with Gasteiger partial charge in [-0.3, -0.25) is 4.68 Å². The SMILES string of the molecule is C[C@H]1CN(C)CC[C@H]1N(C)C(=O)NCCCCc1cnn(C)c1. The number of aromatic nitrogens is 2. The molecule has 1 aliphatic heterocycles. The van der Waals surface area contributed by atoms with Crippen molar-refractivity contribution in [1.29, 1.82) is 0 Å². The molecule has 2 atom stereocenters. The zero-order valence-electron chi connectivity index (χ0n) is 15.0. The quantitative estimate of drug-likeness (QED) is 0.812. The highest BCUT2D eigenvalue weighted by atomic mass is 16.2. The third-order valence-corrected chi connectivity index (χ3v) is 4.81. The molecule has 130 valence electrons. The van der Waals surface area contributed by atoms with E-state index in [2.05, 4.69) is 29.3 Å². The van der Waals surface area contributed by atoms with Crippen LogP contribution >= 0.6 is 0 Å². The highest BCUT2D eigenvalue weighted by Gasteiger charge is 2.29. The van der Waals surface area contributed by atoms with E-state index in [0.29, 0.717) is 12.0 Å². The molecule has 6 nitrogen and oxygen atoms in total. The Morgan fingerprint density at radius 3 is 2.87 bits per heavy atom. The number of piperidine rings is 1. The van der Waals surface area contributed by atoms with Gasteiger partial charge < -0.3 is 15.1 Å². The molecule has 1 aliphatic rings. The van der Waals surface area contributed by atoms with Crippen LogP contribution in [0, 0.1) is 5.92 Å². The first kappa shape index (κ1) is 17.8. The normalized spacial score (nSPS) is 22.1. The van der Waals surface area contributed by atoms with E-state index < -0.39 is 0 Å². The lowest BCUT2D eigenvalue weighted by atomic mass is 9.93. The van der Waals surface area contributed by atoms with E-state index in [1.165, 1.54) is 5.56 Å². The van der Waals surface area contributed by atoms with Gasteiger partial charge in [0.15, 0.2) is 0 Å². The molecule has 6 heteroatoms. The van der Waals surface area contributed by atoms with Gasteiger partial charge in [-0.1, -0.05) is 6.92 Å². The number of carbonyl (C=O) groups is 1. The Kier molecular flexibility index (Phi) is 6.45. The molecule has 0 spiro atoms. The molecule has 0 aliphatic carbocycles. The van der Waals surface area contributed by atoms with Crippen LogP contribution in [-0.2, 0) is 13.5 Å². The fourth-order valence-electron chi connectivity index (χ4n) is 3.44. The average molecular weight is 321 g/mol. The Labute approximate surface area is 139 Å². The summed E-state index contributed by atoms with van der Waals surface area (Å²) in [7, 11) is 6.01. The molecule has 0 bridgehead atoms. The van der Waals surface area contributed by atoms with Gasteiger partial charge in [0.25, 0.3) is 0 Å². The number of nitrogens with one attached hydrogen (secondary N) is 1. The molecule has 1 fully saturated rings. The minimum atomic E-state index is 0.0628. The number of likely N-dealkylation sites (tertiary alicyclic amines) is 1. The molecule has 0 radical (unpaired) electrons. The van der Waals surface area contributed by atoms with Crippen LogP contribution < -0.4 is 5.32 Å². The summed E-state index contributed by atoms with van der Waals surface area (Å²) >= 11 is 0. The van der Waals surface area contributed by atoms with Crippen LogP contribution in [0.1, 0.15) is 31.7 Å². The number of hydrogen-bond donors (Lipinski definition) is 1. The van der Waals surface area contributed by atoms with E-state index in [0.717, 1.165) is 45.3 Å². The molecule has 2 heterocycles. The Morgan fingerprint density at radius 2 is 2.22 bits per heavy atom. The third kappa shape index (κ3) is 5.23. The second kappa shape index (κ2) is 8.34. The summed E-state index contributed by atoms with van der Waals surface area (Å²) in [6.45, 7) is 5.10. The smallest absolute Gasteiger partial charge is 0.317 e. The summed E-state index contributed by atoms with van der Waals surface area (Å²) in [6.07, 6.45) is 8.10. The molecule has 2 amide bonds. The lowest BCUT2D eigenvalue weighted by molar-refractivity contribution is 0.107. The molecular formula is C17H31N5O. The number of rotatable bonds is 6. The number of amides is 2. The van der Waals surface area contributed by atoms with Gasteiger partial charge in [0.2, 0.25) is 0 Å². The van der Waals surface area contributed by atoms with Crippen LogP contribution in [-0.4, -0.2) is 65.4 Å². The van der Waals surface area contributed by atoms with Gasteiger partial charge in [-0.05, 0) is 50.8 Å². The predicted octanol–water partition coefficient (Wildman–Crippen LogP) is 1.72. The summed E-state index contributed by atoms with van der Waals surface area (Å²) in [5.41, 5.74) is 1.26. The topological polar surface area (TPSA) is 53.4 Å². The van der Waals surface area contributed by atoms with E-state index in [4.69, 9.17) is 0 Å². The summed E-state index contributed by atoms with van der Waals surface area (Å²) in [5, 5.41) is 7.22. The fraction of sp³-hybridized carbons (Fsp3) is 0.765. The highest BCUT2D eigenvalue weighted by Crippen LogP contribution is 2.20. The van der Waals surface area contributed by atoms with Gasteiger partial charge in [-0.25, -0.2) is 4.79 Å². The van der Waals surface area contributed by atoms with Crippen molar-refractivity contribution >= 4 is 6.03 Å². The van der Waals surface area contributed by atoms with Crippen LogP contribution in [0.2, 0.25) is 0 Å². The summed E-state index contributed by atoms with van der Waals surface area (Å²) in [6, 6.07) is 0.411. The molecule has 2 rings (SSSR count). The van der Waals surface area contributed by atoms with E-state index in [1.54, 1.807) is 0 Å². The van der Waals surface area contributed by atoms with Crippen molar-refractivity contribution in [2.45, 2.75) is 38.6 Å². The summed E-state index contributed by atoms with van der Waals surface area (Å²) in [4.78, 5) is 16.5. The lowest BCUT2D eigenvalue weighted by Gasteiger charge is -2.39. The number of urea groups is 1. The average Bonchev–Trinajstić information content (AvgIpc) is 2.91. The van der Waals surface area contributed by atoms with Crippen LogP contribution in [0.25, 0.3) is 0 Å². The number of hydrogen-bond acceptors (Lipinski definition) is 3. The molecular weight excluding hydrogens is 290 g/mol. The maximum atomic E-state index is 12.3. The predicted molar refractivity (Wildman–Crippen MR) is 92.4 cm³/mol. The minimum absolute atomic E-state index is 0.0628. The number of unbranched alkanes of at least 4 members (excludes halogenated alkanes) is 1. The van der Waals surface area contributed by atoms with Gasteiger partial charge in [0.05, 0.1) is 6.20 Å². The van der Waals surface area contributed by atoms with Gasteiger partial charge >= 0.3 is 6.03 Å². The van der Waals surface area contributed by atoms with Crippen LogP contribution in [0.5, 0.6) is 0 Å². The zero-order chi connectivity index (χ0) is 16.8. The first-order chi connectivity index (χ1) is 11.0. The van der Waals surface area contributed by atoms with E-state index in [-0.39, 0.29) is 6.03 Å². The first-order valence-corrected chi connectivity index (χ1v) is 8.64. The summed E-state index contributed by atoms with van der Waals surface area (Å²) < 4.78 is 1.83. The maximum Gasteiger partial charge on any atom is 0.317 e. The van der Waals surface area contributed by atoms with Crippen LogP contribution in [0.3, 0.4) is 0 Å². The Bertz CT molecular complexity index is 501. The zero-order valence-corrected chi connectivity index (χ0v) is 15.0. The second-order valence-corrected chi connectivity index (χ2v) is 6.92. The summed E-state index contributed by atoms with van der Waals surface area (Å²) in [5.74, 6) is 0.523. The highest BCUT2D eigenvalue weighted by molar-refractivity contribution is 5.74. The van der Waals surface area contributed by atoms with E-state index in [9.17, 15) is 4.79 Å². The van der Waals surface area contributed by atoms with Crippen LogP contribution in [0.4, 0.5) is 4.79 Å². The van der Waals surface area contributed by atoms with Gasteiger partial charge in [-0.2, -0.15) is 5.10 Å². The molecule has 23 heavy (non-hydrogen) atoms. The molecule has 1 aromatic rings. The van der Waals surface area contributed by atoms with Crippen molar-refractivity contribution in [3.05, 3.63) is 18.0 Å². The monoisotopic (exact) mass is 321 g/mol. The minimum Gasteiger partial charge on any atom is -0.338 e. The molecule has 0 aromatic carbocycles. The van der Waals surface area contributed by atoms with Crippen LogP contribution in [0.15, 0.2) is 12.4 Å². The molecule has 1 aromatic heterocycles. The van der Waals surface area contributed by atoms with E-state index in [1.807, 2.05) is 36.1 Å².